The molecule has 0 radical (unpaired) electrons. The molecule has 1 amide bonds. The predicted molar refractivity (Wildman–Crippen MR) is 58.8 cm³/mol. The van der Waals surface area contributed by atoms with Gasteiger partial charge in [0.15, 0.2) is 0 Å². The topological polar surface area (TPSA) is 111 Å². The number of amides is 1. The number of ether oxygens (including phenoxy) is 1. The van der Waals surface area contributed by atoms with Crippen molar-refractivity contribution >= 4 is 17.8 Å². The second-order valence-corrected chi connectivity index (χ2v) is 3.26. The van der Waals surface area contributed by atoms with E-state index >= 15 is 0 Å². The highest BCUT2D eigenvalue weighted by Crippen LogP contribution is 1.98. The number of nitrogens with zero attached hydrogens (tertiary/aromatic N) is 2. The second kappa shape index (κ2) is 6.38. The van der Waals surface area contributed by atoms with Gasteiger partial charge in [-0.25, -0.2) is 4.68 Å². The standard InChI is InChI=1S/C10H13N3O5/c1-2-18-9(16)5-11-10(17)7-3-4-12-13(7)6-8(14)15/h3-4H,2,5-6H2,1H3,(H,11,17)(H,14,15). The van der Waals surface area contributed by atoms with E-state index in [0.717, 1.165) is 4.68 Å². The van der Waals surface area contributed by atoms with Crippen molar-refractivity contribution in [2.24, 2.45) is 0 Å². The van der Waals surface area contributed by atoms with Gasteiger partial charge >= 0.3 is 11.9 Å². The number of hydrogen-bond donors (Lipinski definition) is 2. The van der Waals surface area contributed by atoms with Crippen LogP contribution in [-0.2, 0) is 20.9 Å². The van der Waals surface area contributed by atoms with Gasteiger partial charge in [-0.15, -0.1) is 0 Å². The van der Waals surface area contributed by atoms with Crippen molar-refractivity contribution in [1.29, 1.82) is 0 Å². The molecule has 0 spiro atoms. The average Bonchev–Trinajstić information content (AvgIpc) is 2.73. The number of esters is 1. The molecule has 0 aliphatic rings. The number of hydrogen-bond acceptors (Lipinski definition) is 5. The normalized spacial score (nSPS) is 9.83. The molecule has 0 fully saturated rings. The Morgan fingerprint density at radius 2 is 2.22 bits per heavy atom. The summed E-state index contributed by atoms with van der Waals surface area (Å²) >= 11 is 0. The van der Waals surface area contributed by atoms with Crippen molar-refractivity contribution in [3.05, 3.63) is 18.0 Å². The Bertz CT molecular complexity index is 454. The molecule has 98 valence electrons. The highest BCUT2D eigenvalue weighted by molar-refractivity contribution is 5.94. The van der Waals surface area contributed by atoms with Crippen LogP contribution in [0.25, 0.3) is 0 Å². The number of carbonyl (C=O) groups is 3. The molecule has 0 aromatic carbocycles. The number of rotatable bonds is 6. The van der Waals surface area contributed by atoms with Crippen LogP contribution in [0.3, 0.4) is 0 Å². The van der Waals surface area contributed by atoms with Gasteiger partial charge in [0.25, 0.3) is 5.91 Å². The molecule has 0 bridgehead atoms. The average molecular weight is 255 g/mol. The van der Waals surface area contributed by atoms with Crippen LogP contribution < -0.4 is 5.32 Å². The summed E-state index contributed by atoms with van der Waals surface area (Å²) in [7, 11) is 0. The van der Waals surface area contributed by atoms with Gasteiger partial charge in [-0.2, -0.15) is 5.10 Å². The highest BCUT2D eigenvalue weighted by Gasteiger charge is 2.14. The maximum absolute atomic E-state index is 11.6. The van der Waals surface area contributed by atoms with E-state index in [1.165, 1.54) is 12.3 Å². The first-order chi connectivity index (χ1) is 8.54. The summed E-state index contributed by atoms with van der Waals surface area (Å²) in [6.07, 6.45) is 1.31. The fraction of sp³-hybridized carbons (Fsp3) is 0.400. The molecule has 18 heavy (non-hydrogen) atoms. The zero-order valence-electron chi connectivity index (χ0n) is 9.75. The molecule has 0 saturated carbocycles. The quantitative estimate of drug-likeness (QED) is 0.648. The molecule has 0 aliphatic carbocycles. The molecule has 1 rings (SSSR count). The summed E-state index contributed by atoms with van der Waals surface area (Å²) in [6, 6.07) is 1.36. The van der Waals surface area contributed by atoms with E-state index in [1.807, 2.05) is 0 Å². The van der Waals surface area contributed by atoms with Gasteiger partial charge in [0.05, 0.1) is 6.61 Å². The minimum Gasteiger partial charge on any atom is -0.480 e. The maximum atomic E-state index is 11.6. The van der Waals surface area contributed by atoms with Gasteiger partial charge < -0.3 is 15.2 Å². The monoisotopic (exact) mass is 255 g/mol. The lowest BCUT2D eigenvalue weighted by atomic mass is 10.4. The number of aromatic nitrogens is 2. The van der Waals surface area contributed by atoms with Crippen LogP contribution in [0, 0.1) is 0 Å². The van der Waals surface area contributed by atoms with E-state index in [4.69, 9.17) is 5.11 Å². The van der Waals surface area contributed by atoms with Crippen molar-refractivity contribution in [2.45, 2.75) is 13.5 Å². The molecule has 0 aliphatic heterocycles. The van der Waals surface area contributed by atoms with Crippen LogP contribution in [0.15, 0.2) is 12.3 Å². The van der Waals surface area contributed by atoms with Crippen LogP contribution in [0.2, 0.25) is 0 Å². The first-order valence-electron chi connectivity index (χ1n) is 5.22. The zero-order valence-corrected chi connectivity index (χ0v) is 9.75. The second-order valence-electron chi connectivity index (χ2n) is 3.26. The number of carboxylic acids is 1. The van der Waals surface area contributed by atoms with Gasteiger partial charge in [0, 0.05) is 6.20 Å². The molecule has 2 N–H and O–H groups in total. The number of nitrogens with one attached hydrogen (secondary N) is 1. The van der Waals surface area contributed by atoms with Crippen molar-refractivity contribution in [3.8, 4) is 0 Å². The largest absolute Gasteiger partial charge is 0.480 e. The molecule has 1 aromatic heterocycles. The van der Waals surface area contributed by atoms with Crippen molar-refractivity contribution in [1.82, 2.24) is 15.1 Å². The van der Waals surface area contributed by atoms with Crippen LogP contribution in [0.1, 0.15) is 17.4 Å². The first-order valence-corrected chi connectivity index (χ1v) is 5.22. The molecular weight excluding hydrogens is 242 g/mol. The summed E-state index contributed by atoms with van der Waals surface area (Å²) in [5.74, 6) is -2.25. The number of carbonyl (C=O) groups excluding carboxylic acids is 2. The fourth-order valence-corrected chi connectivity index (χ4v) is 1.23. The minimum atomic E-state index is -1.11. The van der Waals surface area contributed by atoms with E-state index in [1.54, 1.807) is 6.92 Å². The Morgan fingerprint density at radius 3 is 2.83 bits per heavy atom. The van der Waals surface area contributed by atoms with Gasteiger partial charge in [-0.1, -0.05) is 0 Å². The van der Waals surface area contributed by atoms with Gasteiger partial charge in [0.2, 0.25) is 0 Å². The molecule has 0 saturated heterocycles. The molecule has 0 atom stereocenters. The van der Waals surface area contributed by atoms with Crippen LogP contribution in [0.4, 0.5) is 0 Å². The number of aliphatic carboxylic acids is 1. The Hall–Kier alpha value is -2.38. The molecule has 0 unspecified atom stereocenters. The predicted octanol–water partition coefficient (Wildman–Crippen LogP) is -0.739. The highest BCUT2D eigenvalue weighted by atomic mass is 16.5. The SMILES string of the molecule is CCOC(=O)CNC(=O)c1ccnn1CC(=O)O. The van der Waals surface area contributed by atoms with E-state index in [2.05, 4.69) is 15.2 Å². The smallest absolute Gasteiger partial charge is 0.325 e. The zero-order chi connectivity index (χ0) is 13.5. The minimum absolute atomic E-state index is 0.0710. The van der Waals surface area contributed by atoms with Crippen LogP contribution in [0.5, 0.6) is 0 Å². The molecule has 8 heteroatoms. The third kappa shape index (κ3) is 3.89. The Labute approximate surface area is 103 Å². The van der Waals surface area contributed by atoms with E-state index in [0.29, 0.717) is 0 Å². The summed E-state index contributed by atoms with van der Waals surface area (Å²) in [4.78, 5) is 33.2. The lowest BCUT2D eigenvalue weighted by Gasteiger charge is -2.06. The lowest BCUT2D eigenvalue weighted by molar-refractivity contribution is -0.142. The summed E-state index contributed by atoms with van der Waals surface area (Å²) in [5.41, 5.74) is 0.0710. The Kier molecular flexibility index (Phi) is 4.85. The molecular formula is C10H13N3O5. The van der Waals surface area contributed by atoms with E-state index < -0.39 is 24.4 Å². The summed E-state index contributed by atoms with van der Waals surface area (Å²) < 4.78 is 5.66. The van der Waals surface area contributed by atoms with Crippen LogP contribution in [-0.4, -0.2) is 45.9 Å². The third-order valence-corrected chi connectivity index (χ3v) is 1.93. The molecule has 1 heterocycles. The lowest BCUT2D eigenvalue weighted by Crippen LogP contribution is -2.32. The third-order valence-electron chi connectivity index (χ3n) is 1.93. The van der Waals surface area contributed by atoms with Crippen molar-refractivity contribution < 1.29 is 24.2 Å². The van der Waals surface area contributed by atoms with E-state index in [9.17, 15) is 14.4 Å². The summed E-state index contributed by atoms with van der Waals surface area (Å²) in [5, 5.41) is 14.6. The molecule has 8 nitrogen and oxygen atoms in total. The first kappa shape index (κ1) is 13.7. The Balaban J connectivity index is 2.59. The van der Waals surface area contributed by atoms with Gasteiger partial charge in [-0.3, -0.25) is 14.4 Å². The summed E-state index contributed by atoms with van der Waals surface area (Å²) in [6.45, 7) is 1.19. The van der Waals surface area contributed by atoms with Gasteiger partial charge in [0.1, 0.15) is 18.8 Å². The van der Waals surface area contributed by atoms with Gasteiger partial charge in [-0.05, 0) is 13.0 Å². The molecule has 1 aromatic rings. The van der Waals surface area contributed by atoms with Crippen LogP contribution >= 0.6 is 0 Å². The van der Waals surface area contributed by atoms with Crippen molar-refractivity contribution in [3.63, 3.8) is 0 Å². The van der Waals surface area contributed by atoms with Crippen molar-refractivity contribution in [2.75, 3.05) is 13.2 Å². The van der Waals surface area contributed by atoms with E-state index in [-0.39, 0.29) is 18.8 Å². The Morgan fingerprint density at radius 1 is 1.50 bits per heavy atom. The number of carboxylic acid groups (broad SMARTS) is 1. The maximum Gasteiger partial charge on any atom is 0.325 e. The fourth-order valence-electron chi connectivity index (χ4n) is 1.23.